The van der Waals surface area contributed by atoms with Crippen molar-refractivity contribution in [3.05, 3.63) is 62.8 Å². The van der Waals surface area contributed by atoms with E-state index in [-0.39, 0.29) is 0 Å². The Balaban J connectivity index is 0.000000125. The monoisotopic (exact) mass is 638 g/mol. The van der Waals surface area contributed by atoms with Crippen LogP contribution in [0.5, 0.6) is 5.75 Å². The standard InChI is InChI=1S/C20H25NOS.C20H25NS/c1-3-20(2)10-12-8-16-18-14(6-7-21(11-12)19(16)20)15-9-13(22)4-5-17(15)23-18;1-3-14-9-13-10-17-19(14)21(11-13)7-6-15-16-8-12(2)4-5-18(16)22-20(15)17/h4-5,9,12,16,19,22H,3,6-8,10-11H2,1-2H3;4-5,8,13-14,17,19H,3,6-7,9-11H2,1-2H3. The molecule has 0 spiro atoms. The van der Waals surface area contributed by atoms with Gasteiger partial charge in [-0.3, -0.25) is 9.80 Å². The lowest BCUT2D eigenvalue weighted by Gasteiger charge is -2.58. The highest BCUT2D eigenvalue weighted by Crippen LogP contribution is 2.58. The second kappa shape index (κ2) is 10.8. The van der Waals surface area contributed by atoms with Gasteiger partial charge in [-0.1, -0.05) is 44.9 Å². The van der Waals surface area contributed by atoms with Crippen LogP contribution in [0.3, 0.4) is 0 Å². The molecule has 2 aliphatic carbocycles. The molecule has 4 aromatic rings. The van der Waals surface area contributed by atoms with E-state index in [4.69, 9.17) is 0 Å². The Morgan fingerprint density at radius 1 is 0.822 bits per heavy atom. The van der Waals surface area contributed by atoms with E-state index >= 15 is 0 Å². The van der Waals surface area contributed by atoms with Crippen LogP contribution in [0.1, 0.15) is 97.6 Å². The normalized spacial score (nSPS) is 37.5. The van der Waals surface area contributed by atoms with E-state index in [1.807, 2.05) is 23.5 Å². The van der Waals surface area contributed by atoms with Gasteiger partial charge in [-0.15, -0.1) is 22.7 Å². The Kier molecular flexibility index (Phi) is 7.02. The summed E-state index contributed by atoms with van der Waals surface area (Å²) in [6.07, 6.45) is 10.8. The number of aryl methyl sites for hydroxylation is 1. The smallest absolute Gasteiger partial charge is 0.116 e. The van der Waals surface area contributed by atoms with Crippen molar-refractivity contribution in [1.82, 2.24) is 9.80 Å². The number of nitrogens with zero attached hydrogens (tertiary/aromatic N) is 2. The molecule has 0 radical (unpaired) electrons. The molecule has 1 N–H and O–H groups in total. The number of hydrogen-bond donors (Lipinski definition) is 1. The molecule has 45 heavy (non-hydrogen) atoms. The number of aromatic hydroxyl groups is 1. The molecule has 10 atom stereocenters. The van der Waals surface area contributed by atoms with Crippen molar-refractivity contribution in [2.45, 2.75) is 103 Å². The molecule has 8 aliphatic rings. The van der Waals surface area contributed by atoms with Crippen molar-refractivity contribution < 1.29 is 5.11 Å². The van der Waals surface area contributed by atoms with Gasteiger partial charge in [0.2, 0.25) is 0 Å². The van der Waals surface area contributed by atoms with Gasteiger partial charge in [0, 0.05) is 69.3 Å². The number of hydrogen-bond acceptors (Lipinski definition) is 5. The first kappa shape index (κ1) is 29.2. The Morgan fingerprint density at radius 3 is 2.24 bits per heavy atom. The predicted octanol–water partition coefficient (Wildman–Crippen LogP) is 9.73. The zero-order valence-electron chi connectivity index (χ0n) is 27.6. The van der Waals surface area contributed by atoms with Gasteiger partial charge in [-0.2, -0.15) is 0 Å². The third kappa shape index (κ3) is 4.54. The molecular formula is C40H50N2OS2. The van der Waals surface area contributed by atoms with Crippen molar-refractivity contribution in [2.24, 2.45) is 23.2 Å². The molecule has 2 aromatic heterocycles. The molecular weight excluding hydrogens is 589 g/mol. The number of thiophene rings is 2. The molecule has 2 saturated carbocycles. The van der Waals surface area contributed by atoms with Gasteiger partial charge in [-0.05, 0) is 121 Å². The molecule has 10 unspecified atom stereocenters. The molecule has 4 saturated heterocycles. The first-order valence-corrected chi connectivity index (χ1v) is 19.7. The zero-order valence-corrected chi connectivity index (χ0v) is 29.3. The van der Waals surface area contributed by atoms with Crippen molar-refractivity contribution in [2.75, 3.05) is 26.2 Å². The first-order valence-electron chi connectivity index (χ1n) is 18.1. The van der Waals surface area contributed by atoms with Gasteiger partial charge in [-0.25, -0.2) is 0 Å². The van der Waals surface area contributed by atoms with Crippen LogP contribution in [0, 0.1) is 30.1 Å². The summed E-state index contributed by atoms with van der Waals surface area (Å²) in [5.74, 6) is 4.72. The van der Waals surface area contributed by atoms with Crippen LogP contribution >= 0.6 is 22.7 Å². The minimum absolute atomic E-state index is 0.408. The Bertz CT molecular complexity index is 1770. The van der Waals surface area contributed by atoms with Crippen molar-refractivity contribution in [1.29, 1.82) is 0 Å². The Labute approximate surface area is 277 Å². The van der Waals surface area contributed by atoms with Crippen LogP contribution in [0.2, 0.25) is 0 Å². The lowest BCUT2D eigenvalue weighted by Crippen LogP contribution is -2.60. The summed E-state index contributed by atoms with van der Waals surface area (Å²) in [5.41, 5.74) is 5.14. The maximum absolute atomic E-state index is 9.93. The molecule has 6 fully saturated rings. The largest absolute Gasteiger partial charge is 0.508 e. The molecule has 12 rings (SSSR count). The van der Waals surface area contributed by atoms with Gasteiger partial charge in [0.1, 0.15) is 5.75 Å². The molecule has 5 heteroatoms. The van der Waals surface area contributed by atoms with Crippen LogP contribution in [0.15, 0.2) is 36.4 Å². The van der Waals surface area contributed by atoms with Gasteiger partial charge < -0.3 is 5.11 Å². The minimum Gasteiger partial charge on any atom is -0.508 e. The predicted molar refractivity (Wildman–Crippen MR) is 191 cm³/mol. The Hall–Kier alpha value is -1.92. The van der Waals surface area contributed by atoms with Crippen molar-refractivity contribution in [3.8, 4) is 5.75 Å². The van der Waals surface area contributed by atoms with Crippen LogP contribution in [-0.4, -0.2) is 53.2 Å². The summed E-state index contributed by atoms with van der Waals surface area (Å²) in [6, 6.07) is 14.6. The topological polar surface area (TPSA) is 26.7 Å². The lowest BCUT2D eigenvalue weighted by molar-refractivity contribution is -0.0666. The third-order valence-corrected chi connectivity index (χ3v) is 16.1. The first-order chi connectivity index (χ1) is 21.8. The fourth-order valence-electron chi connectivity index (χ4n) is 11.6. The number of fused-ring (bicyclic) bond motifs is 8. The molecule has 8 heterocycles. The third-order valence-electron chi connectivity index (χ3n) is 13.4. The van der Waals surface area contributed by atoms with Crippen LogP contribution in [0.25, 0.3) is 20.2 Å². The van der Waals surface area contributed by atoms with E-state index in [2.05, 4.69) is 73.1 Å². The molecule has 3 nitrogen and oxygen atoms in total. The second-order valence-electron chi connectivity index (χ2n) is 16.0. The van der Waals surface area contributed by atoms with Gasteiger partial charge >= 0.3 is 0 Å². The fourth-order valence-corrected chi connectivity index (χ4v) is 14.3. The van der Waals surface area contributed by atoms with Gasteiger partial charge in [0.25, 0.3) is 0 Å². The SMILES string of the molecule is CCC1(C)CC2CC3c4sc5ccc(O)cc5c4CCN(C2)C31.CCC1CC2CC3c4sc5ccc(C)cc5c4CCN(C2)C13. The average Bonchev–Trinajstić information content (AvgIpc) is 3.53. The molecule has 238 valence electrons. The molecule has 0 amide bonds. The summed E-state index contributed by atoms with van der Waals surface area (Å²) in [7, 11) is 0. The minimum atomic E-state index is 0.408. The number of piperidine rings is 4. The van der Waals surface area contributed by atoms with Crippen molar-refractivity contribution >= 4 is 42.8 Å². The molecule has 8 bridgehead atoms. The fraction of sp³-hybridized carbons (Fsp3) is 0.600. The number of phenolic OH excluding ortho intramolecular Hbond substituents is 1. The average molecular weight is 639 g/mol. The van der Waals surface area contributed by atoms with Crippen LogP contribution < -0.4 is 0 Å². The molecule has 6 aliphatic heterocycles. The van der Waals surface area contributed by atoms with Crippen molar-refractivity contribution in [3.63, 3.8) is 0 Å². The highest BCUT2D eigenvalue weighted by molar-refractivity contribution is 7.19. The summed E-state index contributed by atoms with van der Waals surface area (Å²) in [6.45, 7) is 14.7. The van der Waals surface area contributed by atoms with E-state index in [1.54, 1.807) is 26.3 Å². The number of phenols is 1. The van der Waals surface area contributed by atoms with Crippen LogP contribution in [0.4, 0.5) is 0 Å². The lowest BCUT2D eigenvalue weighted by atomic mass is 9.58. The number of rotatable bonds is 2. The maximum atomic E-state index is 9.93. The Morgan fingerprint density at radius 2 is 1.49 bits per heavy atom. The van der Waals surface area contributed by atoms with E-state index in [9.17, 15) is 5.11 Å². The summed E-state index contributed by atoms with van der Waals surface area (Å²) in [5, 5.41) is 12.8. The maximum Gasteiger partial charge on any atom is 0.116 e. The van der Waals surface area contributed by atoms with Crippen LogP contribution in [-0.2, 0) is 12.8 Å². The van der Waals surface area contributed by atoms with E-state index < -0.39 is 0 Å². The number of benzene rings is 2. The highest BCUT2D eigenvalue weighted by atomic mass is 32.1. The van der Waals surface area contributed by atoms with E-state index in [1.165, 1.54) is 91.5 Å². The summed E-state index contributed by atoms with van der Waals surface area (Å²) >= 11 is 4.12. The van der Waals surface area contributed by atoms with Gasteiger partial charge in [0.05, 0.1) is 0 Å². The quantitative estimate of drug-likeness (QED) is 0.237. The second-order valence-corrected chi connectivity index (χ2v) is 18.2. The molecule has 2 aromatic carbocycles. The van der Waals surface area contributed by atoms with E-state index in [0.717, 1.165) is 42.2 Å². The summed E-state index contributed by atoms with van der Waals surface area (Å²) < 4.78 is 2.89. The highest BCUT2D eigenvalue weighted by Gasteiger charge is 2.54. The summed E-state index contributed by atoms with van der Waals surface area (Å²) in [4.78, 5) is 9.08. The van der Waals surface area contributed by atoms with Gasteiger partial charge in [0.15, 0.2) is 0 Å². The van der Waals surface area contributed by atoms with E-state index in [0.29, 0.717) is 17.1 Å². The zero-order chi connectivity index (χ0) is 30.6.